The zero-order chi connectivity index (χ0) is 47.8. The summed E-state index contributed by atoms with van der Waals surface area (Å²) in [5.41, 5.74) is 14.8. The lowest BCUT2D eigenvalue weighted by Crippen LogP contribution is -2.02. The molecular weight excluding hydrogens is 849 g/mol. The maximum absolute atomic E-state index is 7.12. The summed E-state index contributed by atoms with van der Waals surface area (Å²) in [5, 5.41) is 2.04. The second-order valence-electron chi connectivity index (χ2n) is 19.0. The minimum absolute atomic E-state index is 0.206. The Morgan fingerprint density at radius 1 is 0.406 bits per heavy atom. The van der Waals surface area contributed by atoms with Crippen molar-refractivity contribution in [3.63, 3.8) is 0 Å². The number of hydrogen-bond donors (Lipinski definition) is 0. The van der Waals surface area contributed by atoms with E-state index in [1.54, 1.807) is 0 Å². The molecule has 8 heteroatoms. The number of nitrogens with zero attached hydrogens (tertiary/aromatic N) is 6. The van der Waals surface area contributed by atoms with E-state index < -0.39 is 0 Å². The van der Waals surface area contributed by atoms with Crippen LogP contribution >= 0.6 is 0 Å². The fourth-order valence-corrected chi connectivity index (χ4v) is 9.32. The van der Waals surface area contributed by atoms with E-state index in [-0.39, 0.29) is 11.8 Å². The van der Waals surface area contributed by atoms with Crippen LogP contribution in [0, 0.1) is 0 Å². The van der Waals surface area contributed by atoms with Gasteiger partial charge in [-0.15, -0.1) is 0 Å². The van der Waals surface area contributed by atoms with Gasteiger partial charge in [0.05, 0.1) is 22.4 Å². The van der Waals surface area contributed by atoms with Gasteiger partial charge in [0.25, 0.3) is 0 Å². The molecule has 69 heavy (non-hydrogen) atoms. The first-order valence-corrected chi connectivity index (χ1v) is 24.0. The zero-order valence-electron chi connectivity index (χ0n) is 40.5. The third kappa shape index (κ3) is 8.98. The summed E-state index contributed by atoms with van der Waals surface area (Å²) < 4.78 is 16.3. The Labute approximate surface area is 404 Å². The Morgan fingerprint density at radius 2 is 0.841 bits per heavy atom. The average molecular weight is 905 g/mol. The summed E-state index contributed by atoms with van der Waals surface area (Å²) in [6, 6.07) is 51.1. The molecule has 0 saturated heterocycles. The van der Waals surface area contributed by atoms with Crippen LogP contribution in [0.25, 0.3) is 72.5 Å². The molecule has 0 amide bonds. The largest absolute Gasteiger partial charge is 0.457 e. The van der Waals surface area contributed by atoms with Gasteiger partial charge in [-0.2, -0.15) is 0 Å². The minimum atomic E-state index is 0.206. The van der Waals surface area contributed by atoms with E-state index in [0.717, 1.165) is 78.1 Å². The molecular formula is C61H56N6O2. The first-order chi connectivity index (χ1) is 33.5. The van der Waals surface area contributed by atoms with Gasteiger partial charge < -0.3 is 9.47 Å². The second-order valence-corrected chi connectivity index (χ2v) is 19.0. The standard InChI is InChI=1S/C61H56N6O2/c1-37(2)41-15-19-43(20-16-41)59-51(39(5)6)29-45(53-13-9-11-27-63-53)31-57(59)68-47-23-25-49-50-26-24-48(34-56(50)67(55(49)33-47)61-65-35-62-36-66-61)69-58-32-46(54-14-10-12-28-64-54)30-52(40(7)8)60(58)44-21-17-42(18-22-44)38(3)4/h9-40H,1-8H3. The molecule has 0 aliphatic carbocycles. The molecule has 0 aliphatic heterocycles. The molecule has 10 rings (SSSR count). The Morgan fingerprint density at radius 3 is 1.22 bits per heavy atom. The van der Waals surface area contributed by atoms with Crippen molar-refractivity contribution in [1.29, 1.82) is 0 Å². The smallest absolute Gasteiger partial charge is 0.237 e. The molecule has 0 N–H and O–H groups in total. The molecule has 4 heterocycles. The number of fused-ring (bicyclic) bond motifs is 3. The molecule has 0 atom stereocenters. The van der Waals surface area contributed by atoms with Gasteiger partial charge in [0, 0.05) is 57.6 Å². The van der Waals surface area contributed by atoms with Crippen LogP contribution in [0.1, 0.15) is 101 Å². The Balaban J connectivity index is 1.13. The van der Waals surface area contributed by atoms with E-state index in [1.807, 2.05) is 60.9 Å². The highest BCUT2D eigenvalue weighted by Crippen LogP contribution is 2.46. The molecule has 0 fully saturated rings. The van der Waals surface area contributed by atoms with Crippen molar-refractivity contribution in [2.24, 2.45) is 0 Å². The van der Waals surface area contributed by atoms with Crippen LogP contribution in [0.4, 0.5) is 0 Å². The predicted octanol–water partition coefficient (Wildman–Crippen LogP) is 16.5. The maximum Gasteiger partial charge on any atom is 0.237 e. The third-order valence-corrected chi connectivity index (χ3v) is 13.0. The summed E-state index contributed by atoms with van der Waals surface area (Å²) >= 11 is 0. The number of pyridine rings is 2. The molecule has 0 saturated carbocycles. The Bertz CT molecular complexity index is 3210. The fourth-order valence-electron chi connectivity index (χ4n) is 9.32. The number of rotatable bonds is 13. The molecule has 0 spiro atoms. The van der Waals surface area contributed by atoms with Crippen LogP contribution in [0.5, 0.6) is 23.0 Å². The summed E-state index contributed by atoms with van der Waals surface area (Å²) in [6.07, 6.45) is 6.73. The van der Waals surface area contributed by atoms with Gasteiger partial charge in [0.15, 0.2) is 0 Å². The summed E-state index contributed by atoms with van der Waals surface area (Å²) in [7, 11) is 0. The van der Waals surface area contributed by atoms with Gasteiger partial charge in [-0.1, -0.05) is 116 Å². The molecule has 342 valence electrons. The zero-order valence-corrected chi connectivity index (χ0v) is 40.5. The lowest BCUT2D eigenvalue weighted by molar-refractivity contribution is 0.484. The Hall–Kier alpha value is -7.97. The average Bonchev–Trinajstić information content (AvgIpc) is 3.69. The van der Waals surface area contributed by atoms with E-state index in [1.165, 1.54) is 34.9 Å². The van der Waals surface area contributed by atoms with E-state index in [4.69, 9.17) is 29.4 Å². The van der Waals surface area contributed by atoms with Crippen LogP contribution in [-0.2, 0) is 0 Å². The number of aromatic nitrogens is 6. The quantitative estimate of drug-likeness (QED) is 0.114. The molecule has 6 aromatic carbocycles. The van der Waals surface area contributed by atoms with Crippen molar-refractivity contribution in [3.8, 4) is 73.7 Å². The number of benzene rings is 6. The summed E-state index contributed by atoms with van der Waals surface area (Å²) in [4.78, 5) is 23.1. The van der Waals surface area contributed by atoms with Crippen LogP contribution in [-0.4, -0.2) is 29.5 Å². The van der Waals surface area contributed by atoms with Gasteiger partial charge in [0.2, 0.25) is 5.95 Å². The normalized spacial score (nSPS) is 11.7. The number of ether oxygens (including phenoxy) is 2. The van der Waals surface area contributed by atoms with E-state index >= 15 is 0 Å². The van der Waals surface area contributed by atoms with Gasteiger partial charge in [-0.25, -0.2) is 15.0 Å². The van der Waals surface area contributed by atoms with Crippen molar-refractivity contribution < 1.29 is 9.47 Å². The van der Waals surface area contributed by atoms with Crippen LogP contribution < -0.4 is 9.47 Å². The van der Waals surface area contributed by atoms with Crippen molar-refractivity contribution in [2.45, 2.75) is 79.1 Å². The SMILES string of the molecule is CC(C)c1ccc(-c2c(Oc3ccc4c5ccc(Oc6cc(-c7ccccn7)cc(C(C)C)c6-c6ccc(C(C)C)cc6)cc5n(-c5ncncn5)c4c3)cc(-c3ccccn3)cc2C(C)C)cc1. The molecule has 0 bridgehead atoms. The predicted molar refractivity (Wildman–Crippen MR) is 281 cm³/mol. The van der Waals surface area contributed by atoms with E-state index in [0.29, 0.717) is 29.3 Å². The van der Waals surface area contributed by atoms with Crippen LogP contribution in [0.3, 0.4) is 0 Å². The highest BCUT2D eigenvalue weighted by molar-refractivity contribution is 6.09. The molecule has 0 radical (unpaired) electrons. The molecule has 10 aromatic rings. The molecule has 4 aromatic heterocycles. The first-order valence-electron chi connectivity index (χ1n) is 24.0. The minimum Gasteiger partial charge on any atom is -0.457 e. The van der Waals surface area contributed by atoms with Gasteiger partial charge in [-0.05, 0) is 130 Å². The highest BCUT2D eigenvalue weighted by Gasteiger charge is 2.23. The lowest BCUT2D eigenvalue weighted by Gasteiger charge is -2.21. The van der Waals surface area contributed by atoms with Gasteiger partial charge >= 0.3 is 0 Å². The monoisotopic (exact) mass is 904 g/mol. The van der Waals surface area contributed by atoms with E-state index in [9.17, 15) is 0 Å². The Kier molecular flexibility index (Phi) is 12.3. The maximum atomic E-state index is 7.12. The lowest BCUT2D eigenvalue weighted by atomic mass is 9.88. The van der Waals surface area contributed by atoms with E-state index in [2.05, 4.69) is 162 Å². The van der Waals surface area contributed by atoms with Crippen LogP contribution in [0.15, 0.2) is 171 Å². The fraction of sp³-hybridized carbons (Fsp3) is 0.197. The summed E-state index contributed by atoms with van der Waals surface area (Å²) in [5.74, 6) is 4.57. The van der Waals surface area contributed by atoms with Gasteiger partial charge in [-0.3, -0.25) is 14.5 Å². The second kappa shape index (κ2) is 19.0. The first kappa shape index (κ1) is 44.8. The molecule has 8 nitrogen and oxygen atoms in total. The van der Waals surface area contributed by atoms with Crippen molar-refractivity contribution in [1.82, 2.24) is 29.5 Å². The van der Waals surface area contributed by atoms with Crippen LogP contribution in [0.2, 0.25) is 0 Å². The molecule has 0 aliphatic rings. The van der Waals surface area contributed by atoms with Crippen molar-refractivity contribution in [2.75, 3.05) is 0 Å². The van der Waals surface area contributed by atoms with Crippen molar-refractivity contribution in [3.05, 3.63) is 193 Å². The third-order valence-electron chi connectivity index (χ3n) is 13.0. The molecule has 0 unspecified atom stereocenters. The highest BCUT2D eigenvalue weighted by atomic mass is 16.5. The summed E-state index contributed by atoms with van der Waals surface area (Å²) in [6.45, 7) is 17.8. The number of hydrogen-bond acceptors (Lipinski definition) is 7. The topological polar surface area (TPSA) is 87.8 Å². The van der Waals surface area contributed by atoms with Gasteiger partial charge in [0.1, 0.15) is 35.7 Å². The van der Waals surface area contributed by atoms with Crippen molar-refractivity contribution >= 4 is 21.8 Å².